The number of nitrogens with one attached hydrogen (secondary N) is 1. The Morgan fingerprint density at radius 1 is 1.39 bits per heavy atom. The largest absolute Gasteiger partial charge is 0.481 e. The summed E-state index contributed by atoms with van der Waals surface area (Å²) in [5, 5.41) is 11.8. The highest BCUT2D eigenvalue weighted by Gasteiger charge is 2.37. The fraction of sp³-hybridized carbons (Fsp3) is 0.462. The molecule has 0 aliphatic heterocycles. The molecule has 5 nitrogen and oxygen atoms in total. The monoisotopic (exact) mass is 248 g/mol. The third-order valence-corrected chi connectivity index (χ3v) is 3.47. The van der Waals surface area contributed by atoms with E-state index >= 15 is 0 Å². The first kappa shape index (κ1) is 12.5. The molecule has 2 atom stereocenters. The molecule has 1 aromatic heterocycles. The van der Waals surface area contributed by atoms with Gasteiger partial charge in [-0.15, -0.1) is 0 Å². The number of amides is 1. The first-order valence-corrected chi connectivity index (χ1v) is 6.04. The van der Waals surface area contributed by atoms with Crippen LogP contribution in [0.1, 0.15) is 24.8 Å². The van der Waals surface area contributed by atoms with E-state index in [2.05, 4.69) is 10.3 Å². The number of anilines is 1. The summed E-state index contributed by atoms with van der Waals surface area (Å²) >= 11 is 0. The highest BCUT2D eigenvalue weighted by molar-refractivity contribution is 5.95. The van der Waals surface area contributed by atoms with Gasteiger partial charge >= 0.3 is 5.97 Å². The third kappa shape index (κ3) is 2.50. The molecule has 1 aliphatic rings. The summed E-state index contributed by atoms with van der Waals surface area (Å²) in [4.78, 5) is 27.1. The standard InChI is InChI=1S/C13H16N2O3/c1-8-5-6-14-7-11(8)15-12(16)9-3-2-4-10(9)13(17)18/h5-7,9-10H,2-4H2,1H3,(H,15,16)(H,17,18). The Bertz CT molecular complexity index is 473. The lowest BCUT2D eigenvalue weighted by molar-refractivity contribution is -0.145. The molecule has 1 amide bonds. The second-order valence-electron chi connectivity index (χ2n) is 4.66. The van der Waals surface area contributed by atoms with Gasteiger partial charge in [0.15, 0.2) is 0 Å². The number of pyridine rings is 1. The molecule has 0 saturated heterocycles. The Hall–Kier alpha value is -1.91. The molecule has 5 heteroatoms. The molecule has 2 N–H and O–H groups in total. The van der Waals surface area contributed by atoms with Gasteiger partial charge in [0, 0.05) is 6.20 Å². The van der Waals surface area contributed by atoms with Crippen molar-refractivity contribution in [3.8, 4) is 0 Å². The Kier molecular flexibility index (Phi) is 3.60. The zero-order valence-corrected chi connectivity index (χ0v) is 10.2. The van der Waals surface area contributed by atoms with E-state index in [1.165, 1.54) is 0 Å². The predicted octanol–water partition coefficient (Wildman–Crippen LogP) is 1.83. The number of aryl methyl sites for hydroxylation is 1. The third-order valence-electron chi connectivity index (χ3n) is 3.47. The van der Waals surface area contributed by atoms with Crippen molar-refractivity contribution in [3.63, 3.8) is 0 Å². The Labute approximate surface area is 105 Å². The van der Waals surface area contributed by atoms with E-state index in [4.69, 9.17) is 5.11 Å². The van der Waals surface area contributed by atoms with Crippen molar-refractivity contribution in [3.05, 3.63) is 24.0 Å². The number of nitrogens with zero attached hydrogens (tertiary/aromatic N) is 1. The summed E-state index contributed by atoms with van der Waals surface area (Å²) < 4.78 is 0. The fourth-order valence-corrected chi connectivity index (χ4v) is 2.39. The SMILES string of the molecule is Cc1ccncc1NC(=O)C1CCCC1C(=O)O. The Morgan fingerprint density at radius 2 is 2.11 bits per heavy atom. The number of carbonyl (C=O) groups excluding carboxylic acids is 1. The van der Waals surface area contributed by atoms with E-state index in [1.54, 1.807) is 18.5 Å². The minimum Gasteiger partial charge on any atom is -0.481 e. The molecule has 1 saturated carbocycles. The first-order chi connectivity index (χ1) is 8.59. The lowest BCUT2D eigenvalue weighted by atomic mass is 9.95. The van der Waals surface area contributed by atoms with Gasteiger partial charge in [-0.2, -0.15) is 0 Å². The normalized spacial score (nSPS) is 22.7. The predicted molar refractivity (Wildman–Crippen MR) is 66.1 cm³/mol. The van der Waals surface area contributed by atoms with Crippen molar-refractivity contribution in [1.82, 2.24) is 4.98 Å². The molecule has 0 radical (unpaired) electrons. The van der Waals surface area contributed by atoms with E-state index in [0.717, 1.165) is 12.0 Å². The molecule has 1 aliphatic carbocycles. The van der Waals surface area contributed by atoms with Crippen LogP contribution >= 0.6 is 0 Å². The number of rotatable bonds is 3. The summed E-state index contributed by atoms with van der Waals surface area (Å²) in [5.41, 5.74) is 1.57. The van der Waals surface area contributed by atoms with E-state index in [0.29, 0.717) is 18.5 Å². The highest BCUT2D eigenvalue weighted by atomic mass is 16.4. The second-order valence-corrected chi connectivity index (χ2v) is 4.66. The molecule has 2 rings (SSSR count). The van der Waals surface area contributed by atoms with Gasteiger partial charge in [0.05, 0.1) is 23.7 Å². The first-order valence-electron chi connectivity index (χ1n) is 6.04. The maximum absolute atomic E-state index is 12.1. The second kappa shape index (κ2) is 5.16. The van der Waals surface area contributed by atoms with Crippen molar-refractivity contribution < 1.29 is 14.7 Å². The van der Waals surface area contributed by atoms with Gasteiger partial charge < -0.3 is 10.4 Å². The minimum absolute atomic E-state index is 0.212. The van der Waals surface area contributed by atoms with E-state index < -0.39 is 17.8 Å². The topological polar surface area (TPSA) is 79.3 Å². The van der Waals surface area contributed by atoms with Crippen LogP contribution in [0.3, 0.4) is 0 Å². The maximum atomic E-state index is 12.1. The van der Waals surface area contributed by atoms with Crippen LogP contribution < -0.4 is 5.32 Å². The Balaban J connectivity index is 2.08. The zero-order valence-electron chi connectivity index (χ0n) is 10.2. The number of carboxylic acid groups (broad SMARTS) is 1. The van der Waals surface area contributed by atoms with Crippen LogP contribution in [0.5, 0.6) is 0 Å². The average molecular weight is 248 g/mol. The molecule has 0 spiro atoms. The maximum Gasteiger partial charge on any atom is 0.307 e. The summed E-state index contributed by atoms with van der Waals surface area (Å²) in [6, 6.07) is 1.80. The van der Waals surface area contributed by atoms with Gasteiger partial charge in [-0.1, -0.05) is 6.42 Å². The summed E-state index contributed by atoms with van der Waals surface area (Å²) in [5.74, 6) is -2.07. The average Bonchev–Trinajstić information content (AvgIpc) is 2.81. The molecule has 96 valence electrons. The number of carboxylic acids is 1. The minimum atomic E-state index is -0.879. The van der Waals surface area contributed by atoms with Crippen molar-refractivity contribution >= 4 is 17.6 Å². The molecule has 0 aromatic carbocycles. The number of aliphatic carboxylic acids is 1. The lowest BCUT2D eigenvalue weighted by Crippen LogP contribution is -2.30. The molecule has 1 fully saturated rings. The number of hydrogen-bond acceptors (Lipinski definition) is 3. The molecule has 2 unspecified atom stereocenters. The van der Waals surface area contributed by atoms with Crippen LogP contribution in [0, 0.1) is 18.8 Å². The number of carbonyl (C=O) groups is 2. The van der Waals surface area contributed by atoms with E-state index in [9.17, 15) is 9.59 Å². The van der Waals surface area contributed by atoms with Crippen LogP contribution in [0.15, 0.2) is 18.5 Å². The molecular formula is C13H16N2O3. The molecule has 1 heterocycles. The van der Waals surface area contributed by atoms with Crippen LogP contribution in [-0.2, 0) is 9.59 Å². The van der Waals surface area contributed by atoms with E-state index in [-0.39, 0.29) is 5.91 Å². The highest BCUT2D eigenvalue weighted by Crippen LogP contribution is 2.33. The Morgan fingerprint density at radius 3 is 2.78 bits per heavy atom. The molecule has 1 aromatic rings. The van der Waals surface area contributed by atoms with Crippen LogP contribution in [0.25, 0.3) is 0 Å². The molecule has 18 heavy (non-hydrogen) atoms. The van der Waals surface area contributed by atoms with E-state index in [1.807, 2.05) is 6.92 Å². The molecular weight excluding hydrogens is 232 g/mol. The quantitative estimate of drug-likeness (QED) is 0.855. The van der Waals surface area contributed by atoms with Gasteiger partial charge in [0.25, 0.3) is 0 Å². The number of hydrogen-bond donors (Lipinski definition) is 2. The van der Waals surface area contributed by atoms with Gasteiger partial charge in [0.2, 0.25) is 5.91 Å². The van der Waals surface area contributed by atoms with Gasteiger partial charge in [-0.25, -0.2) is 0 Å². The van der Waals surface area contributed by atoms with Crippen LogP contribution in [0.2, 0.25) is 0 Å². The zero-order chi connectivity index (χ0) is 13.1. The van der Waals surface area contributed by atoms with Crippen molar-refractivity contribution in [2.24, 2.45) is 11.8 Å². The van der Waals surface area contributed by atoms with Gasteiger partial charge in [0.1, 0.15) is 0 Å². The van der Waals surface area contributed by atoms with Crippen LogP contribution in [-0.4, -0.2) is 22.0 Å². The smallest absolute Gasteiger partial charge is 0.307 e. The molecule has 0 bridgehead atoms. The summed E-state index contributed by atoms with van der Waals surface area (Å²) in [7, 11) is 0. The van der Waals surface area contributed by atoms with Crippen molar-refractivity contribution in [1.29, 1.82) is 0 Å². The van der Waals surface area contributed by atoms with Crippen LogP contribution in [0.4, 0.5) is 5.69 Å². The fourth-order valence-electron chi connectivity index (χ4n) is 2.39. The lowest BCUT2D eigenvalue weighted by Gasteiger charge is -2.16. The van der Waals surface area contributed by atoms with Crippen molar-refractivity contribution in [2.45, 2.75) is 26.2 Å². The van der Waals surface area contributed by atoms with Crippen molar-refractivity contribution in [2.75, 3.05) is 5.32 Å². The summed E-state index contributed by atoms with van der Waals surface area (Å²) in [6.07, 6.45) is 5.25. The summed E-state index contributed by atoms with van der Waals surface area (Å²) in [6.45, 7) is 1.88. The van der Waals surface area contributed by atoms with Gasteiger partial charge in [-0.3, -0.25) is 14.6 Å². The van der Waals surface area contributed by atoms with Gasteiger partial charge in [-0.05, 0) is 31.4 Å². The number of aromatic nitrogens is 1.